The molecule has 0 saturated carbocycles. The van der Waals surface area contributed by atoms with Gasteiger partial charge in [-0.3, -0.25) is 9.69 Å². The van der Waals surface area contributed by atoms with Gasteiger partial charge in [-0.1, -0.05) is 0 Å². The Labute approximate surface area is 84.8 Å². The fourth-order valence-electron chi connectivity index (χ4n) is 1.88. The number of aliphatic hydroxyl groups is 1. The van der Waals surface area contributed by atoms with Gasteiger partial charge in [0, 0.05) is 6.54 Å². The number of hydrogen-bond donors (Lipinski definition) is 1. The van der Waals surface area contributed by atoms with Crippen LogP contribution in [-0.4, -0.2) is 48.8 Å². The molecule has 1 saturated heterocycles. The lowest BCUT2D eigenvalue weighted by atomic mass is 9.93. The summed E-state index contributed by atoms with van der Waals surface area (Å²) in [6, 6.07) is 0. The maximum absolute atomic E-state index is 11.0. The fraction of sp³-hybridized carbons (Fsp3) is 0.900. The summed E-state index contributed by atoms with van der Waals surface area (Å²) in [4.78, 5) is 13.1. The first-order valence-corrected chi connectivity index (χ1v) is 5.10. The molecule has 4 heteroatoms. The highest BCUT2D eigenvalue weighted by atomic mass is 16.5. The largest absolute Gasteiger partial charge is 0.468 e. The summed E-state index contributed by atoms with van der Waals surface area (Å²) in [5.74, 6) is 0.102. The second kappa shape index (κ2) is 5.32. The quantitative estimate of drug-likeness (QED) is 0.665. The van der Waals surface area contributed by atoms with Crippen molar-refractivity contribution < 1.29 is 14.6 Å². The second-order valence-corrected chi connectivity index (χ2v) is 3.95. The third-order valence-corrected chi connectivity index (χ3v) is 2.80. The monoisotopic (exact) mass is 201 g/mol. The molecule has 14 heavy (non-hydrogen) atoms. The van der Waals surface area contributed by atoms with Gasteiger partial charge in [-0.05, 0) is 32.2 Å². The summed E-state index contributed by atoms with van der Waals surface area (Å²) >= 11 is 0. The molecule has 0 aliphatic carbocycles. The van der Waals surface area contributed by atoms with Crippen molar-refractivity contribution in [2.24, 2.45) is 5.92 Å². The van der Waals surface area contributed by atoms with E-state index in [9.17, 15) is 9.90 Å². The van der Waals surface area contributed by atoms with Crippen LogP contribution in [0.4, 0.5) is 0 Å². The molecule has 1 aliphatic heterocycles. The molecule has 0 aromatic carbocycles. The number of carbonyl (C=O) groups is 1. The molecule has 1 N–H and O–H groups in total. The fourth-order valence-corrected chi connectivity index (χ4v) is 1.88. The Morgan fingerprint density at radius 3 is 3.00 bits per heavy atom. The van der Waals surface area contributed by atoms with Gasteiger partial charge in [-0.2, -0.15) is 0 Å². The van der Waals surface area contributed by atoms with E-state index < -0.39 is 0 Å². The number of aliphatic hydroxyl groups excluding tert-OH is 1. The van der Waals surface area contributed by atoms with Gasteiger partial charge in [-0.25, -0.2) is 0 Å². The zero-order valence-corrected chi connectivity index (χ0v) is 8.90. The highest BCUT2D eigenvalue weighted by Crippen LogP contribution is 2.19. The van der Waals surface area contributed by atoms with Crippen LogP contribution in [0.15, 0.2) is 0 Å². The Morgan fingerprint density at radius 1 is 1.71 bits per heavy atom. The lowest BCUT2D eigenvalue weighted by molar-refractivity contribution is -0.142. The van der Waals surface area contributed by atoms with Gasteiger partial charge in [0.25, 0.3) is 0 Å². The average molecular weight is 201 g/mol. The third-order valence-electron chi connectivity index (χ3n) is 2.80. The molecular formula is C10H19NO3. The average Bonchev–Trinajstić information content (AvgIpc) is 2.18. The van der Waals surface area contributed by atoms with E-state index in [1.54, 1.807) is 0 Å². The van der Waals surface area contributed by atoms with Crippen molar-refractivity contribution in [3.8, 4) is 0 Å². The zero-order chi connectivity index (χ0) is 10.6. The molecule has 0 radical (unpaired) electrons. The normalized spacial score (nSPS) is 25.8. The van der Waals surface area contributed by atoms with Gasteiger partial charge >= 0.3 is 5.97 Å². The number of hydrogen-bond acceptors (Lipinski definition) is 4. The van der Waals surface area contributed by atoms with Crippen molar-refractivity contribution in [2.45, 2.75) is 25.9 Å². The maximum atomic E-state index is 11.0. The summed E-state index contributed by atoms with van der Waals surface area (Å²) in [5.41, 5.74) is 0. The number of piperidine rings is 1. The third kappa shape index (κ3) is 3.27. The molecule has 0 amide bonds. The summed E-state index contributed by atoms with van der Waals surface area (Å²) in [6.45, 7) is 3.89. The molecule has 82 valence electrons. The predicted octanol–water partition coefficient (Wildman–Crippen LogP) is 0.252. The van der Waals surface area contributed by atoms with Crippen LogP contribution in [0, 0.1) is 5.92 Å². The van der Waals surface area contributed by atoms with Gasteiger partial charge in [0.05, 0.1) is 19.8 Å². The molecule has 1 rings (SSSR count). The van der Waals surface area contributed by atoms with Gasteiger partial charge in [0.15, 0.2) is 0 Å². The molecule has 4 nitrogen and oxygen atoms in total. The standard InChI is InChI=1S/C10H19NO3/c1-8(12)9-4-3-5-11(6-9)7-10(13)14-2/h8-9,12H,3-7H2,1-2H3/t8-,9-/m0/s1. The van der Waals surface area contributed by atoms with E-state index >= 15 is 0 Å². The highest BCUT2D eigenvalue weighted by Gasteiger charge is 2.24. The van der Waals surface area contributed by atoms with Crippen LogP contribution in [0.5, 0.6) is 0 Å². The van der Waals surface area contributed by atoms with Crippen molar-refractivity contribution in [1.82, 2.24) is 4.90 Å². The van der Waals surface area contributed by atoms with Crippen molar-refractivity contribution in [3.63, 3.8) is 0 Å². The first-order chi connectivity index (χ1) is 6.63. The van der Waals surface area contributed by atoms with Gasteiger partial charge in [-0.15, -0.1) is 0 Å². The van der Waals surface area contributed by atoms with Crippen molar-refractivity contribution >= 4 is 5.97 Å². The molecule has 0 aromatic heterocycles. The minimum absolute atomic E-state index is 0.198. The first-order valence-electron chi connectivity index (χ1n) is 5.10. The van der Waals surface area contributed by atoms with Crippen LogP contribution in [0.1, 0.15) is 19.8 Å². The Bertz CT molecular complexity index is 194. The number of ether oxygens (including phenoxy) is 1. The zero-order valence-electron chi connectivity index (χ0n) is 8.90. The summed E-state index contributed by atoms with van der Waals surface area (Å²) in [7, 11) is 1.40. The molecule has 0 unspecified atom stereocenters. The SMILES string of the molecule is COC(=O)CN1CCC[C@H]([C@H](C)O)C1. The van der Waals surface area contributed by atoms with Crippen LogP contribution in [0.25, 0.3) is 0 Å². The van der Waals surface area contributed by atoms with Crippen LogP contribution in [0.3, 0.4) is 0 Å². The summed E-state index contributed by atoms with van der Waals surface area (Å²) in [5, 5.41) is 9.44. The molecule has 1 heterocycles. The van der Waals surface area contributed by atoms with E-state index in [2.05, 4.69) is 4.74 Å². The van der Waals surface area contributed by atoms with Crippen molar-refractivity contribution in [1.29, 1.82) is 0 Å². The van der Waals surface area contributed by atoms with E-state index in [0.717, 1.165) is 25.9 Å². The van der Waals surface area contributed by atoms with Crippen LogP contribution in [-0.2, 0) is 9.53 Å². The Hall–Kier alpha value is -0.610. The smallest absolute Gasteiger partial charge is 0.319 e. The van der Waals surface area contributed by atoms with Gasteiger partial charge in [0.1, 0.15) is 0 Å². The first kappa shape index (κ1) is 11.5. The Balaban J connectivity index is 2.36. The van der Waals surface area contributed by atoms with E-state index in [-0.39, 0.29) is 12.1 Å². The maximum Gasteiger partial charge on any atom is 0.319 e. The summed E-state index contributed by atoms with van der Waals surface area (Å²) < 4.78 is 4.61. The number of methoxy groups -OCH3 is 1. The molecule has 0 bridgehead atoms. The van der Waals surface area contributed by atoms with Crippen LogP contribution in [0.2, 0.25) is 0 Å². The lowest BCUT2D eigenvalue weighted by Crippen LogP contribution is -2.42. The van der Waals surface area contributed by atoms with E-state index in [1.165, 1.54) is 7.11 Å². The molecule has 1 aliphatic rings. The summed E-state index contributed by atoms with van der Waals surface area (Å²) in [6.07, 6.45) is 1.82. The molecule has 0 spiro atoms. The number of rotatable bonds is 3. The minimum atomic E-state index is -0.282. The Morgan fingerprint density at radius 2 is 2.43 bits per heavy atom. The number of carbonyl (C=O) groups excluding carboxylic acids is 1. The lowest BCUT2D eigenvalue weighted by Gasteiger charge is -2.33. The second-order valence-electron chi connectivity index (χ2n) is 3.95. The van der Waals surface area contributed by atoms with Gasteiger partial charge in [0.2, 0.25) is 0 Å². The topological polar surface area (TPSA) is 49.8 Å². The van der Waals surface area contributed by atoms with E-state index in [4.69, 9.17) is 0 Å². The molecule has 1 fully saturated rings. The van der Waals surface area contributed by atoms with E-state index in [1.807, 2.05) is 11.8 Å². The van der Waals surface area contributed by atoms with Gasteiger partial charge < -0.3 is 9.84 Å². The number of likely N-dealkylation sites (tertiary alicyclic amines) is 1. The van der Waals surface area contributed by atoms with Crippen molar-refractivity contribution in [2.75, 3.05) is 26.7 Å². The number of nitrogens with zero attached hydrogens (tertiary/aromatic N) is 1. The van der Waals surface area contributed by atoms with E-state index in [0.29, 0.717) is 12.5 Å². The molecule has 0 aromatic rings. The minimum Gasteiger partial charge on any atom is -0.468 e. The Kier molecular flexibility index (Phi) is 4.35. The number of esters is 1. The predicted molar refractivity (Wildman–Crippen MR) is 52.9 cm³/mol. The van der Waals surface area contributed by atoms with Crippen molar-refractivity contribution in [3.05, 3.63) is 0 Å². The van der Waals surface area contributed by atoms with Crippen LogP contribution >= 0.6 is 0 Å². The molecular weight excluding hydrogens is 182 g/mol. The molecule has 2 atom stereocenters. The van der Waals surface area contributed by atoms with Crippen LogP contribution < -0.4 is 0 Å². The highest BCUT2D eigenvalue weighted by molar-refractivity contribution is 5.71.